The van der Waals surface area contributed by atoms with Crippen LogP contribution in [0, 0.1) is 0 Å². The van der Waals surface area contributed by atoms with Crippen LogP contribution in [0.1, 0.15) is 12.0 Å². The molecule has 1 aromatic carbocycles. The van der Waals surface area contributed by atoms with Crippen LogP contribution in [0.15, 0.2) is 24.3 Å². The highest BCUT2D eigenvalue weighted by Crippen LogP contribution is 2.17. The number of para-hydroxylation sites is 1. The van der Waals surface area contributed by atoms with Crippen molar-refractivity contribution in [1.82, 2.24) is 5.32 Å². The normalized spacial score (nSPS) is 9.88. The number of rotatable bonds is 6. The third kappa shape index (κ3) is 3.90. The Morgan fingerprint density at radius 1 is 1.44 bits per heavy atom. The van der Waals surface area contributed by atoms with Crippen molar-refractivity contribution in [3.63, 3.8) is 0 Å². The van der Waals surface area contributed by atoms with Crippen molar-refractivity contribution in [1.29, 1.82) is 0 Å². The number of methoxy groups -OCH3 is 1. The number of hydrogen-bond donors (Lipinski definition) is 2. The first-order valence-electron chi connectivity index (χ1n) is 5.27. The van der Waals surface area contributed by atoms with Gasteiger partial charge in [-0.05, 0) is 18.1 Å². The molecule has 1 rings (SSSR count). The van der Waals surface area contributed by atoms with Gasteiger partial charge in [0.05, 0.1) is 13.7 Å². The van der Waals surface area contributed by atoms with E-state index in [0.717, 1.165) is 17.7 Å². The maximum atomic E-state index is 11.1. The number of aliphatic hydroxyl groups is 1. The molecule has 16 heavy (non-hydrogen) atoms. The molecule has 0 bridgehead atoms. The summed E-state index contributed by atoms with van der Waals surface area (Å²) >= 11 is 0. The summed E-state index contributed by atoms with van der Waals surface area (Å²) in [5.41, 5.74) is 1.06. The van der Waals surface area contributed by atoms with Crippen molar-refractivity contribution >= 4 is 5.91 Å². The predicted octanol–water partition coefficient (Wildman–Crippen LogP) is 0.736. The minimum absolute atomic E-state index is 0.111. The minimum Gasteiger partial charge on any atom is -0.496 e. The SMILES string of the molecule is COc1ccccc1CCNC(=O)CCO. The van der Waals surface area contributed by atoms with E-state index in [2.05, 4.69) is 5.32 Å². The van der Waals surface area contributed by atoms with E-state index in [-0.39, 0.29) is 18.9 Å². The van der Waals surface area contributed by atoms with Crippen molar-refractivity contribution in [2.75, 3.05) is 20.3 Å². The van der Waals surface area contributed by atoms with Gasteiger partial charge in [0.1, 0.15) is 5.75 Å². The molecule has 0 aliphatic carbocycles. The van der Waals surface area contributed by atoms with Crippen molar-refractivity contribution in [3.05, 3.63) is 29.8 Å². The van der Waals surface area contributed by atoms with Gasteiger partial charge in [-0.3, -0.25) is 4.79 Å². The van der Waals surface area contributed by atoms with E-state index in [4.69, 9.17) is 9.84 Å². The number of benzene rings is 1. The van der Waals surface area contributed by atoms with Gasteiger partial charge in [-0.25, -0.2) is 0 Å². The average Bonchev–Trinajstić information content (AvgIpc) is 2.30. The highest BCUT2D eigenvalue weighted by molar-refractivity contribution is 5.75. The molecule has 0 aromatic heterocycles. The van der Waals surface area contributed by atoms with Crippen LogP contribution in [0.3, 0.4) is 0 Å². The van der Waals surface area contributed by atoms with E-state index < -0.39 is 0 Å². The Morgan fingerprint density at radius 2 is 2.19 bits per heavy atom. The standard InChI is InChI=1S/C12H17NO3/c1-16-11-5-3-2-4-10(11)6-8-13-12(15)7-9-14/h2-5,14H,6-9H2,1H3,(H,13,15). The van der Waals surface area contributed by atoms with Gasteiger partial charge in [-0.1, -0.05) is 18.2 Å². The van der Waals surface area contributed by atoms with Crippen molar-refractivity contribution in [2.24, 2.45) is 0 Å². The molecule has 0 unspecified atom stereocenters. The Labute approximate surface area is 95.2 Å². The van der Waals surface area contributed by atoms with Crippen LogP contribution >= 0.6 is 0 Å². The molecular formula is C12H17NO3. The van der Waals surface area contributed by atoms with E-state index in [1.54, 1.807) is 7.11 Å². The number of hydrogen-bond acceptors (Lipinski definition) is 3. The van der Waals surface area contributed by atoms with Gasteiger partial charge in [-0.15, -0.1) is 0 Å². The van der Waals surface area contributed by atoms with E-state index in [9.17, 15) is 4.79 Å². The maximum Gasteiger partial charge on any atom is 0.222 e. The number of carbonyl (C=O) groups excluding carboxylic acids is 1. The van der Waals surface area contributed by atoms with Crippen LogP contribution in [0.25, 0.3) is 0 Å². The summed E-state index contributed by atoms with van der Waals surface area (Å²) in [5, 5.41) is 11.3. The van der Waals surface area contributed by atoms with Gasteiger partial charge in [0.15, 0.2) is 0 Å². The molecule has 0 saturated carbocycles. The Hall–Kier alpha value is -1.55. The smallest absolute Gasteiger partial charge is 0.222 e. The first kappa shape index (κ1) is 12.5. The molecule has 0 aliphatic rings. The first-order valence-corrected chi connectivity index (χ1v) is 5.27. The first-order chi connectivity index (χ1) is 7.77. The monoisotopic (exact) mass is 223 g/mol. The molecule has 1 amide bonds. The lowest BCUT2D eigenvalue weighted by molar-refractivity contribution is -0.121. The number of ether oxygens (including phenoxy) is 1. The molecule has 0 aliphatic heterocycles. The van der Waals surface area contributed by atoms with E-state index in [1.165, 1.54) is 0 Å². The lowest BCUT2D eigenvalue weighted by Gasteiger charge is -2.08. The Balaban J connectivity index is 2.39. The van der Waals surface area contributed by atoms with Gasteiger partial charge < -0.3 is 15.2 Å². The number of amides is 1. The second-order valence-corrected chi connectivity index (χ2v) is 3.39. The Bertz CT molecular complexity index is 339. The van der Waals surface area contributed by atoms with Gasteiger partial charge in [0.2, 0.25) is 5.91 Å². The number of aliphatic hydroxyl groups excluding tert-OH is 1. The highest BCUT2D eigenvalue weighted by Gasteiger charge is 2.03. The summed E-state index contributed by atoms with van der Waals surface area (Å²) in [7, 11) is 1.63. The number of carbonyl (C=O) groups is 1. The second kappa shape index (κ2) is 6.85. The summed E-state index contributed by atoms with van der Waals surface area (Å²) in [6.07, 6.45) is 0.882. The molecule has 0 saturated heterocycles. The van der Waals surface area contributed by atoms with Crippen LogP contribution in [0.5, 0.6) is 5.75 Å². The zero-order valence-corrected chi connectivity index (χ0v) is 9.40. The summed E-state index contributed by atoms with van der Waals surface area (Å²) in [4.78, 5) is 11.1. The zero-order valence-electron chi connectivity index (χ0n) is 9.40. The molecule has 4 nitrogen and oxygen atoms in total. The molecule has 0 spiro atoms. The molecule has 0 radical (unpaired) electrons. The van der Waals surface area contributed by atoms with Crippen molar-refractivity contribution < 1.29 is 14.6 Å². The molecule has 0 atom stereocenters. The Morgan fingerprint density at radius 3 is 2.88 bits per heavy atom. The summed E-state index contributed by atoms with van der Waals surface area (Å²) in [5.74, 6) is 0.705. The van der Waals surface area contributed by atoms with Gasteiger partial charge in [0, 0.05) is 13.0 Å². The molecule has 88 valence electrons. The van der Waals surface area contributed by atoms with Gasteiger partial charge in [0.25, 0.3) is 0 Å². The second-order valence-electron chi connectivity index (χ2n) is 3.39. The molecule has 0 heterocycles. The third-order valence-corrected chi connectivity index (χ3v) is 2.25. The molecule has 2 N–H and O–H groups in total. The van der Waals surface area contributed by atoms with Crippen LogP contribution in [0.4, 0.5) is 0 Å². The van der Waals surface area contributed by atoms with E-state index in [1.807, 2.05) is 24.3 Å². The fraction of sp³-hybridized carbons (Fsp3) is 0.417. The summed E-state index contributed by atoms with van der Waals surface area (Å²) in [6.45, 7) is 0.444. The highest BCUT2D eigenvalue weighted by atomic mass is 16.5. The molecule has 0 fully saturated rings. The van der Waals surface area contributed by atoms with Crippen LogP contribution in [0.2, 0.25) is 0 Å². The fourth-order valence-corrected chi connectivity index (χ4v) is 1.44. The fourth-order valence-electron chi connectivity index (χ4n) is 1.44. The summed E-state index contributed by atoms with van der Waals surface area (Å²) < 4.78 is 5.20. The quantitative estimate of drug-likeness (QED) is 0.747. The predicted molar refractivity (Wildman–Crippen MR) is 61.4 cm³/mol. The summed E-state index contributed by atoms with van der Waals surface area (Å²) in [6, 6.07) is 7.71. The van der Waals surface area contributed by atoms with Crippen LogP contribution in [-0.2, 0) is 11.2 Å². The lowest BCUT2D eigenvalue weighted by atomic mass is 10.1. The minimum atomic E-state index is -0.127. The van der Waals surface area contributed by atoms with Crippen molar-refractivity contribution in [3.8, 4) is 5.75 Å². The van der Waals surface area contributed by atoms with E-state index >= 15 is 0 Å². The number of nitrogens with one attached hydrogen (secondary N) is 1. The lowest BCUT2D eigenvalue weighted by Crippen LogP contribution is -2.26. The van der Waals surface area contributed by atoms with Crippen LogP contribution in [-0.4, -0.2) is 31.3 Å². The Kier molecular flexibility index (Phi) is 5.36. The third-order valence-electron chi connectivity index (χ3n) is 2.25. The van der Waals surface area contributed by atoms with Gasteiger partial charge in [-0.2, -0.15) is 0 Å². The topological polar surface area (TPSA) is 58.6 Å². The average molecular weight is 223 g/mol. The van der Waals surface area contributed by atoms with Crippen LogP contribution < -0.4 is 10.1 Å². The van der Waals surface area contributed by atoms with E-state index in [0.29, 0.717) is 6.54 Å². The largest absolute Gasteiger partial charge is 0.496 e. The molecule has 4 heteroatoms. The molecule has 1 aromatic rings. The molecular weight excluding hydrogens is 206 g/mol. The van der Waals surface area contributed by atoms with Gasteiger partial charge >= 0.3 is 0 Å². The van der Waals surface area contributed by atoms with Crippen molar-refractivity contribution in [2.45, 2.75) is 12.8 Å². The zero-order chi connectivity index (χ0) is 11.8. The maximum absolute atomic E-state index is 11.1.